The van der Waals surface area contributed by atoms with Gasteiger partial charge in [0.25, 0.3) is 0 Å². The maximum atomic E-state index is 12.5. The van der Waals surface area contributed by atoms with Crippen LogP contribution in [0.25, 0.3) is 0 Å². The summed E-state index contributed by atoms with van der Waals surface area (Å²) in [5, 5.41) is 9.05. The molecule has 1 unspecified atom stereocenters. The summed E-state index contributed by atoms with van der Waals surface area (Å²) < 4.78 is 12.5. The summed E-state index contributed by atoms with van der Waals surface area (Å²) in [6.07, 6.45) is -0.0703. The Bertz CT molecular complexity index is 312. The number of hydrogen-bond donors (Lipinski definition) is 1. The minimum absolute atomic E-state index is 0.0703. The molecule has 1 atom stereocenters. The fourth-order valence-corrected chi connectivity index (χ4v) is 1.25. The first-order chi connectivity index (χ1) is 5.59. The van der Waals surface area contributed by atoms with Crippen LogP contribution in [-0.4, -0.2) is 11.1 Å². The van der Waals surface area contributed by atoms with Crippen LogP contribution in [0.5, 0.6) is 0 Å². The molecule has 12 heavy (non-hydrogen) atoms. The molecule has 64 valence electrons. The Morgan fingerprint density at radius 3 is 2.75 bits per heavy atom. The quantitative estimate of drug-likeness (QED) is 0.698. The van der Waals surface area contributed by atoms with Crippen LogP contribution in [0, 0.1) is 5.82 Å². The van der Waals surface area contributed by atoms with Gasteiger partial charge in [0.2, 0.25) is 0 Å². The van der Waals surface area contributed by atoms with Crippen molar-refractivity contribution in [3.63, 3.8) is 0 Å². The highest BCUT2D eigenvalue weighted by Gasteiger charge is 2.04. The SMILES string of the molecule is O=C(O)Cc1ccc(F)cc1P. The monoisotopic (exact) mass is 186 g/mol. The molecule has 1 rings (SSSR count). The number of carboxylic acids is 1. The molecule has 0 amide bonds. The Kier molecular flexibility index (Phi) is 2.77. The Labute approximate surface area is 71.6 Å². The second kappa shape index (κ2) is 3.63. The van der Waals surface area contributed by atoms with Gasteiger partial charge in [-0.1, -0.05) is 6.07 Å². The highest BCUT2D eigenvalue weighted by molar-refractivity contribution is 7.27. The summed E-state index contributed by atoms with van der Waals surface area (Å²) in [5.41, 5.74) is 0.619. The van der Waals surface area contributed by atoms with Gasteiger partial charge in [-0.2, -0.15) is 0 Å². The summed E-state index contributed by atoms with van der Waals surface area (Å²) in [4.78, 5) is 10.3. The average Bonchev–Trinajstić information content (AvgIpc) is 1.94. The zero-order chi connectivity index (χ0) is 9.14. The first-order valence-electron chi connectivity index (χ1n) is 3.35. The van der Waals surface area contributed by atoms with Crippen LogP contribution in [0.2, 0.25) is 0 Å². The minimum Gasteiger partial charge on any atom is -0.481 e. The van der Waals surface area contributed by atoms with Crippen molar-refractivity contribution < 1.29 is 14.3 Å². The van der Waals surface area contributed by atoms with E-state index in [-0.39, 0.29) is 12.2 Å². The third kappa shape index (κ3) is 2.28. The van der Waals surface area contributed by atoms with E-state index >= 15 is 0 Å². The van der Waals surface area contributed by atoms with Gasteiger partial charge in [-0.3, -0.25) is 4.79 Å². The lowest BCUT2D eigenvalue weighted by Gasteiger charge is -2.01. The Balaban J connectivity index is 2.93. The Morgan fingerprint density at radius 1 is 1.58 bits per heavy atom. The fourth-order valence-electron chi connectivity index (χ4n) is 0.890. The van der Waals surface area contributed by atoms with E-state index in [1.165, 1.54) is 18.2 Å². The maximum absolute atomic E-state index is 12.5. The van der Waals surface area contributed by atoms with Crippen LogP contribution in [0.4, 0.5) is 4.39 Å². The molecule has 0 fully saturated rings. The lowest BCUT2D eigenvalue weighted by molar-refractivity contribution is -0.136. The zero-order valence-corrected chi connectivity index (χ0v) is 7.40. The fraction of sp³-hybridized carbons (Fsp3) is 0.125. The van der Waals surface area contributed by atoms with Gasteiger partial charge in [-0.15, -0.1) is 9.24 Å². The third-order valence-electron chi connectivity index (χ3n) is 1.45. The molecular weight excluding hydrogens is 178 g/mol. The molecule has 0 saturated carbocycles. The van der Waals surface area contributed by atoms with E-state index in [9.17, 15) is 9.18 Å². The molecule has 0 spiro atoms. The van der Waals surface area contributed by atoms with E-state index in [0.717, 1.165) is 0 Å². The number of halogens is 1. The molecule has 0 aliphatic rings. The Hall–Kier alpha value is -0.950. The maximum Gasteiger partial charge on any atom is 0.307 e. The molecule has 0 radical (unpaired) electrons. The lowest BCUT2D eigenvalue weighted by atomic mass is 10.1. The number of rotatable bonds is 2. The van der Waals surface area contributed by atoms with E-state index in [1.807, 2.05) is 0 Å². The first kappa shape index (κ1) is 9.14. The van der Waals surface area contributed by atoms with Gasteiger partial charge < -0.3 is 5.11 Å². The van der Waals surface area contributed by atoms with Crippen molar-refractivity contribution in [1.29, 1.82) is 0 Å². The van der Waals surface area contributed by atoms with Crippen LogP contribution < -0.4 is 5.30 Å². The number of aliphatic carboxylic acids is 1. The summed E-state index contributed by atoms with van der Waals surface area (Å²) in [7, 11) is 2.31. The number of carbonyl (C=O) groups is 1. The second-order valence-electron chi connectivity index (χ2n) is 2.41. The van der Waals surface area contributed by atoms with Crippen molar-refractivity contribution >= 4 is 20.5 Å². The molecule has 0 bridgehead atoms. The van der Waals surface area contributed by atoms with Crippen molar-refractivity contribution in [2.75, 3.05) is 0 Å². The highest BCUT2D eigenvalue weighted by atomic mass is 31.0. The second-order valence-corrected chi connectivity index (χ2v) is 3.04. The van der Waals surface area contributed by atoms with Gasteiger partial charge >= 0.3 is 5.97 Å². The molecule has 1 aromatic carbocycles. The van der Waals surface area contributed by atoms with Crippen LogP contribution in [0.15, 0.2) is 18.2 Å². The van der Waals surface area contributed by atoms with Crippen LogP contribution >= 0.6 is 9.24 Å². The highest BCUT2D eigenvalue weighted by Crippen LogP contribution is 2.04. The van der Waals surface area contributed by atoms with E-state index in [2.05, 4.69) is 9.24 Å². The number of benzene rings is 1. The molecule has 1 aromatic rings. The van der Waals surface area contributed by atoms with Crippen molar-refractivity contribution in [3.8, 4) is 0 Å². The lowest BCUT2D eigenvalue weighted by Crippen LogP contribution is -2.08. The standard InChI is InChI=1S/C8H8FO2P/c9-6-2-1-5(3-8(10)11)7(12)4-6/h1-2,4H,3,12H2,(H,10,11). The minimum atomic E-state index is -0.912. The summed E-state index contributed by atoms with van der Waals surface area (Å²) in [5.74, 6) is -1.26. The molecular formula is C8H8FO2P. The molecule has 1 N–H and O–H groups in total. The first-order valence-corrected chi connectivity index (χ1v) is 3.93. The van der Waals surface area contributed by atoms with Crippen molar-refractivity contribution in [2.45, 2.75) is 6.42 Å². The van der Waals surface area contributed by atoms with Crippen molar-refractivity contribution in [3.05, 3.63) is 29.6 Å². The molecule has 0 aliphatic heterocycles. The topological polar surface area (TPSA) is 37.3 Å². The van der Waals surface area contributed by atoms with Gasteiger partial charge in [0.1, 0.15) is 5.82 Å². The normalized spacial score (nSPS) is 9.83. The van der Waals surface area contributed by atoms with Gasteiger partial charge in [-0.25, -0.2) is 4.39 Å². The van der Waals surface area contributed by atoms with Crippen LogP contribution in [0.3, 0.4) is 0 Å². The molecule has 0 heterocycles. The van der Waals surface area contributed by atoms with Gasteiger partial charge in [0.05, 0.1) is 6.42 Å². The summed E-state index contributed by atoms with van der Waals surface area (Å²) in [6.45, 7) is 0. The number of hydrogen-bond acceptors (Lipinski definition) is 1. The van der Waals surface area contributed by atoms with Gasteiger partial charge in [-0.05, 0) is 23.0 Å². The number of carboxylic acid groups (broad SMARTS) is 1. The average molecular weight is 186 g/mol. The van der Waals surface area contributed by atoms with E-state index < -0.39 is 5.97 Å². The predicted molar refractivity (Wildman–Crippen MR) is 47.1 cm³/mol. The molecule has 0 aromatic heterocycles. The van der Waals surface area contributed by atoms with Gasteiger partial charge in [0, 0.05) is 0 Å². The van der Waals surface area contributed by atoms with Gasteiger partial charge in [0.15, 0.2) is 0 Å². The Morgan fingerprint density at radius 2 is 2.25 bits per heavy atom. The molecule has 2 nitrogen and oxygen atoms in total. The third-order valence-corrected chi connectivity index (χ3v) is 1.99. The van der Waals surface area contributed by atoms with E-state index in [1.54, 1.807) is 0 Å². The van der Waals surface area contributed by atoms with Crippen molar-refractivity contribution in [2.24, 2.45) is 0 Å². The van der Waals surface area contributed by atoms with Crippen LogP contribution in [0.1, 0.15) is 5.56 Å². The van der Waals surface area contributed by atoms with Crippen molar-refractivity contribution in [1.82, 2.24) is 0 Å². The summed E-state index contributed by atoms with van der Waals surface area (Å²) >= 11 is 0. The van der Waals surface area contributed by atoms with Crippen LogP contribution in [-0.2, 0) is 11.2 Å². The largest absolute Gasteiger partial charge is 0.481 e. The zero-order valence-electron chi connectivity index (χ0n) is 6.25. The van der Waals surface area contributed by atoms with E-state index in [4.69, 9.17) is 5.11 Å². The van der Waals surface area contributed by atoms with E-state index in [0.29, 0.717) is 10.9 Å². The molecule has 0 saturated heterocycles. The predicted octanol–water partition coefficient (Wildman–Crippen LogP) is 0.953. The smallest absolute Gasteiger partial charge is 0.307 e. The molecule has 4 heteroatoms. The summed E-state index contributed by atoms with van der Waals surface area (Å²) in [6, 6.07) is 4.03. The molecule has 0 aliphatic carbocycles.